The second-order valence-corrected chi connectivity index (χ2v) is 9.81. The Morgan fingerprint density at radius 3 is 1.37 bits per heavy atom. The third kappa shape index (κ3) is 5.47. The molecule has 1 aromatic rings. The largest absolute Gasteiger partial charge is 0.744 e. The summed E-state index contributed by atoms with van der Waals surface area (Å²) in [6.45, 7) is 0. The van der Waals surface area contributed by atoms with E-state index in [0.717, 1.165) is 77.0 Å². The van der Waals surface area contributed by atoms with Gasteiger partial charge >= 0.3 is 0 Å². The molecule has 0 saturated heterocycles. The fourth-order valence-electron chi connectivity index (χ4n) is 5.09. The van der Waals surface area contributed by atoms with Crippen molar-refractivity contribution >= 4 is 10.1 Å². The molecule has 0 radical (unpaired) electrons. The van der Waals surface area contributed by atoms with E-state index in [1.54, 1.807) is 12.1 Å². The van der Waals surface area contributed by atoms with Gasteiger partial charge < -0.3 is 9.66 Å². The lowest BCUT2D eigenvalue weighted by atomic mass is 9.81. The van der Waals surface area contributed by atoms with Gasteiger partial charge in [0, 0.05) is 0 Å². The highest BCUT2D eigenvalue weighted by atomic mass is 32.2. The molecule has 0 bridgehead atoms. The Bertz CT molecular complexity index is 667. The van der Waals surface area contributed by atoms with Crippen molar-refractivity contribution in [2.24, 2.45) is 0 Å². The molecule has 0 spiro atoms. The molecule has 0 amide bonds. The Hall–Kier alpha value is -1.07. The van der Waals surface area contributed by atoms with Gasteiger partial charge in [0.25, 0.3) is 0 Å². The Labute approximate surface area is 164 Å². The molecular formula is C22H33O4S-. The highest BCUT2D eigenvalue weighted by Crippen LogP contribution is 2.42. The van der Waals surface area contributed by atoms with Crippen LogP contribution in [0.25, 0.3) is 0 Å². The van der Waals surface area contributed by atoms with E-state index >= 15 is 0 Å². The van der Waals surface area contributed by atoms with Crippen molar-refractivity contribution in [2.75, 3.05) is 0 Å². The van der Waals surface area contributed by atoms with Gasteiger partial charge in [0.1, 0.15) is 15.9 Å². The van der Waals surface area contributed by atoms with E-state index in [4.69, 9.17) is 0 Å². The summed E-state index contributed by atoms with van der Waals surface area (Å²) >= 11 is 0. The molecule has 2 aliphatic rings. The molecule has 0 atom stereocenters. The minimum atomic E-state index is -4.58. The molecule has 2 fully saturated rings. The third-order valence-electron chi connectivity index (χ3n) is 6.47. The van der Waals surface area contributed by atoms with E-state index in [1.807, 2.05) is 0 Å². The second kappa shape index (κ2) is 9.42. The first kappa shape index (κ1) is 20.7. The molecule has 5 heteroatoms. The molecule has 0 unspecified atom stereocenters. The lowest BCUT2D eigenvalue weighted by Gasteiger charge is -2.29. The summed E-state index contributed by atoms with van der Waals surface area (Å²) in [5.41, 5.74) is 1.17. The first-order valence-corrected chi connectivity index (χ1v) is 12.2. The van der Waals surface area contributed by atoms with Crippen LogP contribution in [0.1, 0.15) is 113 Å². The Morgan fingerprint density at radius 2 is 1.04 bits per heavy atom. The van der Waals surface area contributed by atoms with Crippen LogP contribution in [-0.2, 0) is 10.1 Å². The van der Waals surface area contributed by atoms with Gasteiger partial charge in [-0.05, 0) is 60.8 Å². The zero-order valence-corrected chi connectivity index (χ0v) is 17.1. The maximum atomic E-state index is 12.3. The van der Waals surface area contributed by atoms with Gasteiger partial charge in [-0.3, -0.25) is 0 Å². The minimum Gasteiger partial charge on any atom is -0.744 e. The van der Waals surface area contributed by atoms with Crippen molar-refractivity contribution in [2.45, 2.75) is 107 Å². The van der Waals surface area contributed by atoms with Gasteiger partial charge in [0.15, 0.2) is 0 Å². The number of rotatable bonds is 3. The van der Waals surface area contributed by atoms with Gasteiger partial charge in [0.2, 0.25) is 0 Å². The monoisotopic (exact) mass is 393 g/mol. The number of phenols is 1. The molecule has 0 heterocycles. The van der Waals surface area contributed by atoms with Crippen molar-refractivity contribution in [3.05, 3.63) is 23.3 Å². The molecule has 27 heavy (non-hydrogen) atoms. The average Bonchev–Trinajstić information content (AvgIpc) is 2.52. The second-order valence-electron chi connectivity index (χ2n) is 8.49. The van der Waals surface area contributed by atoms with Gasteiger partial charge in [-0.1, -0.05) is 64.2 Å². The van der Waals surface area contributed by atoms with Gasteiger partial charge in [-0.25, -0.2) is 8.42 Å². The number of hydrogen-bond acceptors (Lipinski definition) is 4. The topological polar surface area (TPSA) is 77.4 Å². The van der Waals surface area contributed by atoms with E-state index in [0.29, 0.717) is 11.1 Å². The zero-order valence-electron chi connectivity index (χ0n) is 16.3. The lowest BCUT2D eigenvalue weighted by molar-refractivity contribution is 0.420. The zero-order chi connectivity index (χ0) is 19.3. The Morgan fingerprint density at radius 1 is 0.704 bits per heavy atom. The van der Waals surface area contributed by atoms with Crippen molar-refractivity contribution in [1.29, 1.82) is 0 Å². The summed E-state index contributed by atoms with van der Waals surface area (Å²) in [4.78, 5) is -0.00329. The molecule has 1 aromatic carbocycles. The molecule has 0 aliphatic heterocycles. The molecule has 152 valence electrons. The molecule has 2 saturated carbocycles. The van der Waals surface area contributed by atoms with E-state index in [2.05, 4.69) is 0 Å². The fourth-order valence-corrected chi connectivity index (χ4v) is 6.12. The first-order valence-electron chi connectivity index (χ1n) is 10.8. The molecule has 1 N–H and O–H groups in total. The van der Waals surface area contributed by atoms with Crippen LogP contribution in [0.3, 0.4) is 0 Å². The van der Waals surface area contributed by atoms with E-state index in [9.17, 15) is 18.1 Å². The summed E-state index contributed by atoms with van der Waals surface area (Å²) in [6, 6.07) is 3.12. The van der Waals surface area contributed by atoms with Crippen molar-refractivity contribution in [1.82, 2.24) is 0 Å². The smallest absolute Gasteiger partial charge is 0.125 e. The van der Waals surface area contributed by atoms with Crippen LogP contribution >= 0.6 is 0 Å². The van der Waals surface area contributed by atoms with Crippen LogP contribution in [0.4, 0.5) is 0 Å². The Kier molecular flexibility index (Phi) is 7.21. The number of phenolic OH excluding ortho intramolecular Hbond substituents is 1. The van der Waals surface area contributed by atoms with Crippen LogP contribution in [0.15, 0.2) is 17.0 Å². The molecule has 2 aliphatic carbocycles. The maximum absolute atomic E-state index is 12.3. The SMILES string of the molecule is O=S(=O)([O-])c1c(C2CCCCCCC2)cc(O)cc1C1CCCCCCC1. The fraction of sp³-hybridized carbons (Fsp3) is 0.727. The van der Waals surface area contributed by atoms with Crippen molar-refractivity contribution in [3.63, 3.8) is 0 Å². The van der Waals surface area contributed by atoms with Gasteiger partial charge in [-0.2, -0.15) is 0 Å². The van der Waals surface area contributed by atoms with Crippen molar-refractivity contribution < 1.29 is 18.1 Å². The van der Waals surface area contributed by atoms with E-state index in [1.165, 1.54) is 12.8 Å². The molecule has 3 rings (SSSR count). The van der Waals surface area contributed by atoms with Crippen molar-refractivity contribution in [3.8, 4) is 5.75 Å². The molecular weight excluding hydrogens is 360 g/mol. The molecule has 4 nitrogen and oxygen atoms in total. The minimum absolute atomic E-state index is 0.00329. The lowest BCUT2D eigenvalue weighted by Crippen LogP contribution is -2.15. The average molecular weight is 394 g/mol. The summed E-state index contributed by atoms with van der Waals surface area (Å²) < 4.78 is 37.0. The standard InChI is InChI=1S/C22H34O4S/c23-19-15-20(17-11-7-3-1-4-8-12-17)22(27(24,25)26)21(16-19)18-13-9-5-2-6-10-14-18/h15-18,23H,1-14H2,(H,24,25,26)/p-1. The van der Waals surface area contributed by atoms with E-state index in [-0.39, 0.29) is 22.5 Å². The first-order chi connectivity index (χ1) is 13.0. The summed E-state index contributed by atoms with van der Waals surface area (Å²) in [7, 11) is -4.58. The number of hydrogen-bond donors (Lipinski definition) is 1. The van der Waals surface area contributed by atoms with Crippen LogP contribution in [0, 0.1) is 0 Å². The third-order valence-corrected chi connectivity index (χ3v) is 7.44. The predicted molar refractivity (Wildman–Crippen MR) is 106 cm³/mol. The van der Waals surface area contributed by atoms with Crippen LogP contribution < -0.4 is 0 Å². The predicted octanol–water partition coefficient (Wildman–Crippen LogP) is 5.95. The maximum Gasteiger partial charge on any atom is 0.125 e. The number of benzene rings is 1. The van der Waals surface area contributed by atoms with Crippen LogP contribution in [0.2, 0.25) is 0 Å². The van der Waals surface area contributed by atoms with Crippen LogP contribution in [0.5, 0.6) is 5.75 Å². The number of aromatic hydroxyl groups is 1. The van der Waals surface area contributed by atoms with Crippen LogP contribution in [-0.4, -0.2) is 18.1 Å². The quantitative estimate of drug-likeness (QED) is 0.643. The Balaban J connectivity index is 2.05. The van der Waals surface area contributed by atoms with E-state index < -0.39 is 10.1 Å². The summed E-state index contributed by atoms with van der Waals surface area (Å²) in [6.07, 6.45) is 14.9. The molecule has 0 aromatic heterocycles. The summed E-state index contributed by atoms with van der Waals surface area (Å²) in [5.74, 6) is 0.225. The van der Waals surface area contributed by atoms with Gasteiger partial charge in [0.05, 0.1) is 4.90 Å². The normalized spacial score (nSPS) is 21.8. The highest BCUT2D eigenvalue weighted by Gasteiger charge is 2.27. The highest BCUT2D eigenvalue weighted by molar-refractivity contribution is 7.85. The summed E-state index contributed by atoms with van der Waals surface area (Å²) in [5, 5.41) is 10.4. The van der Waals surface area contributed by atoms with Gasteiger partial charge in [-0.15, -0.1) is 0 Å².